The molecule has 2 aromatic carbocycles. The Balaban J connectivity index is 1.84. The van der Waals surface area contributed by atoms with Gasteiger partial charge in [-0.15, -0.1) is 6.58 Å². The summed E-state index contributed by atoms with van der Waals surface area (Å²) in [6.07, 6.45) is 3.05. The van der Waals surface area contributed by atoms with E-state index in [2.05, 4.69) is 43.8 Å². The van der Waals surface area contributed by atoms with E-state index in [1.807, 2.05) is 12.1 Å². The lowest BCUT2D eigenvalue weighted by Crippen LogP contribution is -2.53. The van der Waals surface area contributed by atoms with Crippen molar-refractivity contribution >= 4 is 78.7 Å². The molecular weight excluding hydrogens is 556 g/mol. The normalized spacial score (nSPS) is 15.4. The maximum Gasteiger partial charge on any atom is 0.265 e. The molecule has 0 unspecified atom stereocenters. The van der Waals surface area contributed by atoms with Crippen LogP contribution in [0.15, 0.2) is 63.6 Å². The van der Waals surface area contributed by atoms with E-state index in [0.29, 0.717) is 31.9 Å². The SMILES string of the molecule is C=CCN1C(=O)/C(=C/c2cc(Br)c(OCc3ccc(Cl)cc3)c(Br)c2)C(=O)NC1=S. The Labute approximate surface area is 201 Å². The second-order valence-corrected chi connectivity index (χ2v) is 8.78. The molecule has 30 heavy (non-hydrogen) atoms. The average molecular weight is 571 g/mol. The van der Waals surface area contributed by atoms with Gasteiger partial charge in [0.2, 0.25) is 0 Å². The molecule has 0 saturated carbocycles. The van der Waals surface area contributed by atoms with E-state index >= 15 is 0 Å². The van der Waals surface area contributed by atoms with Crippen molar-refractivity contribution in [1.82, 2.24) is 10.2 Å². The number of hydrogen-bond acceptors (Lipinski definition) is 4. The quantitative estimate of drug-likeness (QED) is 0.223. The Morgan fingerprint density at radius 1 is 1.17 bits per heavy atom. The first kappa shape index (κ1) is 22.7. The zero-order valence-electron chi connectivity index (χ0n) is 15.5. The number of rotatable bonds is 6. The lowest BCUT2D eigenvalue weighted by Gasteiger charge is -2.27. The van der Waals surface area contributed by atoms with Gasteiger partial charge < -0.3 is 4.74 Å². The van der Waals surface area contributed by atoms with Gasteiger partial charge in [0.15, 0.2) is 5.11 Å². The van der Waals surface area contributed by atoms with E-state index in [9.17, 15) is 9.59 Å². The third-order valence-electron chi connectivity index (χ3n) is 4.13. The van der Waals surface area contributed by atoms with E-state index in [0.717, 1.165) is 5.56 Å². The van der Waals surface area contributed by atoms with Crippen LogP contribution in [0.3, 0.4) is 0 Å². The molecule has 3 rings (SSSR count). The van der Waals surface area contributed by atoms with Gasteiger partial charge in [-0.2, -0.15) is 0 Å². The molecule has 1 N–H and O–H groups in total. The monoisotopic (exact) mass is 568 g/mol. The molecule has 1 saturated heterocycles. The highest BCUT2D eigenvalue weighted by Gasteiger charge is 2.32. The highest BCUT2D eigenvalue weighted by atomic mass is 79.9. The molecule has 2 amide bonds. The van der Waals surface area contributed by atoms with Crippen LogP contribution in [-0.4, -0.2) is 28.4 Å². The zero-order chi connectivity index (χ0) is 21.8. The molecule has 0 radical (unpaired) electrons. The first-order chi connectivity index (χ1) is 14.3. The largest absolute Gasteiger partial charge is 0.487 e. The molecule has 1 aliphatic heterocycles. The van der Waals surface area contributed by atoms with Crippen molar-refractivity contribution in [3.05, 3.63) is 79.7 Å². The van der Waals surface area contributed by atoms with Crippen molar-refractivity contribution in [1.29, 1.82) is 0 Å². The molecule has 0 spiro atoms. The zero-order valence-corrected chi connectivity index (χ0v) is 20.2. The summed E-state index contributed by atoms with van der Waals surface area (Å²) in [5.74, 6) is -0.416. The molecule has 0 aromatic heterocycles. The van der Waals surface area contributed by atoms with E-state index in [1.54, 1.807) is 30.3 Å². The first-order valence-electron chi connectivity index (χ1n) is 8.66. The van der Waals surface area contributed by atoms with Crippen LogP contribution in [0.5, 0.6) is 5.75 Å². The maximum atomic E-state index is 12.7. The van der Waals surface area contributed by atoms with Gasteiger partial charge in [-0.3, -0.25) is 19.8 Å². The number of thiocarbonyl (C=S) groups is 1. The summed E-state index contributed by atoms with van der Waals surface area (Å²) in [5, 5.41) is 3.25. The van der Waals surface area contributed by atoms with Gasteiger partial charge in [-0.25, -0.2) is 0 Å². The van der Waals surface area contributed by atoms with Crippen LogP contribution in [0.1, 0.15) is 11.1 Å². The van der Waals surface area contributed by atoms with Crippen LogP contribution in [0.4, 0.5) is 0 Å². The predicted molar refractivity (Wildman–Crippen MR) is 128 cm³/mol. The van der Waals surface area contributed by atoms with E-state index < -0.39 is 11.8 Å². The topological polar surface area (TPSA) is 58.6 Å². The number of amides is 2. The van der Waals surface area contributed by atoms with Crippen molar-refractivity contribution < 1.29 is 14.3 Å². The summed E-state index contributed by atoms with van der Waals surface area (Å²) in [4.78, 5) is 26.2. The summed E-state index contributed by atoms with van der Waals surface area (Å²) in [6, 6.07) is 10.9. The Kier molecular flexibility index (Phi) is 7.46. The Morgan fingerprint density at radius 2 is 1.80 bits per heavy atom. The van der Waals surface area contributed by atoms with Crippen LogP contribution in [0.25, 0.3) is 6.08 Å². The number of benzene rings is 2. The summed E-state index contributed by atoms with van der Waals surface area (Å²) in [5.41, 5.74) is 1.59. The number of carbonyl (C=O) groups is 2. The predicted octanol–water partition coefficient (Wildman–Crippen LogP) is 5.26. The minimum atomic E-state index is -0.541. The van der Waals surface area contributed by atoms with Gasteiger partial charge in [0.05, 0.1) is 8.95 Å². The number of nitrogens with zero attached hydrogens (tertiary/aromatic N) is 1. The van der Waals surface area contributed by atoms with Crippen molar-refractivity contribution in [3.63, 3.8) is 0 Å². The summed E-state index contributed by atoms with van der Waals surface area (Å²) in [6.45, 7) is 4.17. The fourth-order valence-corrected chi connectivity index (χ4v) is 4.52. The number of nitrogens with one attached hydrogen (secondary N) is 1. The van der Waals surface area contributed by atoms with Crippen LogP contribution >= 0.6 is 55.7 Å². The Bertz CT molecular complexity index is 1050. The molecule has 9 heteroatoms. The molecule has 5 nitrogen and oxygen atoms in total. The van der Waals surface area contributed by atoms with Gasteiger partial charge in [0.1, 0.15) is 17.9 Å². The molecule has 1 fully saturated rings. The van der Waals surface area contributed by atoms with E-state index in [1.165, 1.54) is 11.0 Å². The average Bonchev–Trinajstić information content (AvgIpc) is 2.69. The van der Waals surface area contributed by atoms with Crippen LogP contribution < -0.4 is 10.1 Å². The number of carbonyl (C=O) groups excluding carboxylic acids is 2. The van der Waals surface area contributed by atoms with Gasteiger partial charge in [0.25, 0.3) is 11.8 Å². The number of halogens is 3. The second-order valence-electron chi connectivity index (χ2n) is 6.25. The van der Waals surface area contributed by atoms with Crippen molar-refractivity contribution in [3.8, 4) is 5.75 Å². The lowest BCUT2D eigenvalue weighted by molar-refractivity contribution is -0.128. The molecule has 2 aromatic rings. The van der Waals surface area contributed by atoms with Gasteiger partial charge in [-0.05, 0) is 85.5 Å². The lowest BCUT2D eigenvalue weighted by atomic mass is 10.1. The molecule has 1 aliphatic rings. The molecular formula is C21H15Br2ClN2O3S. The molecule has 0 atom stereocenters. The fraction of sp³-hybridized carbons (Fsp3) is 0.0952. The molecule has 0 aliphatic carbocycles. The highest BCUT2D eigenvalue weighted by Crippen LogP contribution is 2.36. The number of ether oxygens (including phenoxy) is 1. The van der Waals surface area contributed by atoms with Gasteiger partial charge in [-0.1, -0.05) is 29.8 Å². The molecule has 154 valence electrons. The maximum absolute atomic E-state index is 12.7. The van der Waals surface area contributed by atoms with Crippen LogP contribution in [0, 0.1) is 0 Å². The van der Waals surface area contributed by atoms with Crippen LogP contribution in [-0.2, 0) is 16.2 Å². The summed E-state index contributed by atoms with van der Waals surface area (Å²) < 4.78 is 7.24. The summed E-state index contributed by atoms with van der Waals surface area (Å²) >= 11 is 17.9. The summed E-state index contributed by atoms with van der Waals surface area (Å²) in [7, 11) is 0. The van der Waals surface area contributed by atoms with Crippen LogP contribution in [0.2, 0.25) is 5.02 Å². The smallest absolute Gasteiger partial charge is 0.265 e. The van der Waals surface area contributed by atoms with Crippen molar-refractivity contribution in [2.75, 3.05) is 6.54 Å². The van der Waals surface area contributed by atoms with Crippen molar-refractivity contribution in [2.45, 2.75) is 6.61 Å². The minimum absolute atomic E-state index is 0.0147. The Hall–Kier alpha value is -2.00. The van der Waals surface area contributed by atoms with Gasteiger partial charge in [0, 0.05) is 11.6 Å². The minimum Gasteiger partial charge on any atom is -0.487 e. The first-order valence-corrected chi connectivity index (χ1v) is 11.0. The highest BCUT2D eigenvalue weighted by molar-refractivity contribution is 9.11. The fourth-order valence-electron chi connectivity index (χ4n) is 2.69. The van der Waals surface area contributed by atoms with Gasteiger partial charge >= 0.3 is 0 Å². The third kappa shape index (κ3) is 5.18. The molecule has 0 bridgehead atoms. The standard InChI is InChI=1S/C21H15Br2ClN2O3S/c1-2-7-26-20(28)15(19(27)25-21(26)30)8-13-9-16(22)18(17(23)10-13)29-11-12-3-5-14(24)6-4-12/h2-6,8-10H,1,7,11H2,(H,25,27,30)/b15-8+. The van der Waals surface area contributed by atoms with Crippen molar-refractivity contribution in [2.24, 2.45) is 0 Å². The van der Waals surface area contributed by atoms with E-state index in [-0.39, 0.29) is 17.2 Å². The second kappa shape index (κ2) is 9.87. The van der Waals surface area contributed by atoms with E-state index in [4.69, 9.17) is 28.6 Å². The third-order valence-corrected chi connectivity index (χ3v) is 5.88. The number of hydrogen-bond donors (Lipinski definition) is 1. The molecule has 1 heterocycles. The Morgan fingerprint density at radius 3 is 2.40 bits per heavy atom.